The van der Waals surface area contributed by atoms with Crippen LogP contribution in [-0.2, 0) is 16.0 Å². The normalized spacial score (nSPS) is 15.8. The van der Waals surface area contributed by atoms with Gasteiger partial charge in [-0.15, -0.1) is 0 Å². The summed E-state index contributed by atoms with van der Waals surface area (Å²) in [5.74, 6) is 0.0308. The molecule has 1 aromatic rings. The lowest BCUT2D eigenvalue weighted by molar-refractivity contribution is -0.121. The molecule has 0 saturated carbocycles. The molecular weight excluding hydrogens is 354 g/mol. The molecule has 2 amide bonds. The van der Waals surface area contributed by atoms with E-state index in [2.05, 4.69) is 15.5 Å². The Morgan fingerprint density at radius 3 is 2.46 bits per heavy atom. The molecule has 0 unspecified atom stereocenters. The Hall–Kier alpha value is -2.08. The molecule has 6 nitrogen and oxygen atoms in total. The number of alkyl carbamates (subject to hydrolysis) is 1. The zero-order valence-corrected chi connectivity index (χ0v) is 17.5. The van der Waals surface area contributed by atoms with Gasteiger partial charge in [0.15, 0.2) is 0 Å². The van der Waals surface area contributed by atoms with Gasteiger partial charge < -0.3 is 20.3 Å². The molecule has 1 aliphatic rings. The predicted octanol–water partition coefficient (Wildman–Crippen LogP) is 3.11. The molecule has 1 aromatic carbocycles. The largest absolute Gasteiger partial charge is 0.444 e. The van der Waals surface area contributed by atoms with Crippen molar-refractivity contribution in [1.82, 2.24) is 15.5 Å². The molecule has 0 bridgehead atoms. The van der Waals surface area contributed by atoms with Crippen LogP contribution in [0.25, 0.3) is 0 Å². The monoisotopic (exact) mass is 389 g/mol. The van der Waals surface area contributed by atoms with Gasteiger partial charge in [-0.05, 0) is 65.1 Å². The number of nitrogens with zero attached hydrogens (tertiary/aromatic N) is 1. The number of carbonyl (C=O) groups excluding carboxylic acids is 2. The number of likely N-dealkylation sites (tertiary alicyclic amines) is 1. The molecular formula is C22H35N3O3. The van der Waals surface area contributed by atoms with Crippen LogP contribution in [0, 0.1) is 0 Å². The van der Waals surface area contributed by atoms with Gasteiger partial charge in [-0.2, -0.15) is 0 Å². The van der Waals surface area contributed by atoms with Gasteiger partial charge in [-0.3, -0.25) is 4.79 Å². The molecule has 0 aromatic heterocycles. The van der Waals surface area contributed by atoms with Gasteiger partial charge in [-0.1, -0.05) is 30.3 Å². The maximum absolute atomic E-state index is 12.2. The Kier molecular flexibility index (Phi) is 8.77. The zero-order chi connectivity index (χ0) is 20.4. The molecule has 0 aliphatic carbocycles. The molecule has 1 saturated heterocycles. The van der Waals surface area contributed by atoms with Gasteiger partial charge in [0.2, 0.25) is 5.91 Å². The van der Waals surface area contributed by atoms with Gasteiger partial charge in [0.1, 0.15) is 5.60 Å². The van der Waals surface area contributed by atoms with Crippen molar-refractivity contribution in [2.75, 3.05) is 26.2 Å². The summed E-state index contributed by atoms with van der Waals surface area (Å²) in [6.45, 7) is 9.38. The smallest absolute Gasteiger partial charge is 0.407 e. The van der Waals surface area contributed by atoms with E-state index in [-0.39, 0.29) is 11.9 Å². The second-order valence-electron chi connectivity index (χ2n) is 8.47. The third-order valence-corrected chi connectivity index (χ3v) is 4.71. The van der Waals surface area contributed by atoms with E-state index in [1.54, 1.807) is 0 Å². The number of carbonyl (C=O) groups is 2. The third kappa shape index (κ3) is 9.22. The van der Waals surface area contributed by atoms with Crippen molar-refractivity contribution < 1.29 is 14.3 Å². The maximum atomic E-state index is 12.2. The molecule has 2 rings (SSSR count). The first-order valence-electron chi connectivity index (χ1n) is 10.3. The maximum Gasteiger partial charge on any atom is 0.407 e. The molecule has 1 aliphatic heterocycles. The minimum absolute atomic E-state index is 0.0308. The minimum atomic E-state index is -0.547. The van der Waals surface area contributed by atoms with Gasteiger partial charge >= 0.3 is 6.09 Å². The number of nitrogens with one attached hydrogen (secondary N) is 2. The van der Waals surface area contributed by atoms with E-state index < -0.39 is 11.7 Å². The van der Waals surface area contributed by atoms with Crippen LogP contribution >= 0.6 is 0 Å². The van der Waals surface area contributed by atoms with Gasteiger partial charge in [0.25, 0.3) is 0 Å². The van der Waals surface area contributed by atoms with Crippen molar-refractivity contribution in [3.8, 4) is 0 Å². The fraction of sp³-hybridized carbons (Fsp3) is 0.636. The third-order valence-electron chi connectivity index (χ3n) is 4.71. The van der Waals surface area contributed by atoms with Crippen molar-refractivity contribution in [1.29, 1.82) is 0 Å². The lowest BCUT2D eigenvalue weighted by atomic mass is 10.0. The summed E-state index contributed by atoms with van der Waals surface area (Å²) in [5.41, 5.74) is 0.576. The summed E-state index contributed by atoms with van der Waals surface area (Å²) >= 11 is 0. The van der Waals surface area contributed by atoms with E-state index in [9.17, 15) is 9.59 Å². The summed E-state index contributed by atoms with van der Waals surface area (Å²) in [6, 6.07) is 9.82. The Bertz CT molecular complexity index is 607. The van der Waals surface area contributed by atoms with E-state index in [1.807, 2.05) is 51.1 Å². The molecule has 1 fully saturated rings. The lowest BCUT2D eigenvalue weighted by Crippen LogP contribution is -2.41. The minimum Gasteiger partial charge on any atom is -0.444 e. The highest BCUT2D eigenvalue weighted by Crippen LogP contribution is 2.11. The van der Waals surface area contributed by atoms with Crippen LogP contribution in [0.1, 0.15) is 52.0 Å². The van der Waals surface area contributed by atoms with Crippen LogP contribution in [0.5, 0.6) is 0 Å². The Morgan fingerprint density at radius 2 is 1.82 bits per heavy atom. The van der Waals surface area contributed by atoms with Crippen LogP contribution in [0.3, 0.4) is 0 Å². The first-order valence-corrected chi connectivity index (χ1v) is 10.3. The Balaban J connectivity index is 1.80. The number of hydrogen-bond donors (Lipinski definition) is 2. The number of rotatable bonds is 9. The van der Waals surface area contributed by atoms with Crippen molar-refractivity contribution in [2.24, 2.45) is 0 Å². The molecule has 1 heterocycles. The molecule has 28 heavy (non-hydrogen) atoms. The van der Waals surface area contributed by atoms with E-state index >= 15 is 0 Å². The highest BCUT2D eigenvalue weighted by molar-refractivity contribution is 5.76. The summed E-state index contributed by atoms with van der Waals surface area (Å²) in [4.78, 5) is 26.8. The van der Waals surface area contributed by atoms with Crippen molar-refractivity contribution in [2.45, 2.75) is 64.5 Å². The summed E-state index contributed by atoms with van der Waals surface area (Å²) in [7, 11) is 0. The summed E-state index contributed by atoms with van der Waals surface area (Å²) in [6.07, 6.45) is 3.69. The lowest BCUT2D eigenvalue weighted by Gasteiger charge is -2.24. The number of benzene rings is 1. The Labute approximate surface area is 169 Å². The molecule has 0 radical (unpaired) electrons. The number of amides is 2. The quantitative estimate of drug-likeness (QED) is 0.681. The van der Waals surface area contributed by atoms with Crippen LogP contribution < -0.4 is 10.6 Å². The fourth-order valence-corrected chi connectivity index (χ4v) is 3.35. The Morgan fingerprint density at radius 1 is 1.14 bits per heavy atom. The van der Waals surface area contributed by atoms with Crippen LogP contribution in [0.15, 0.2) is 30.3 Å². The number of hydrogen-bond acceptors (Lipinski definition) is 4. The average Bonchev–Trinajstić information content (AvgIpc) is 3.12. The van der Waals surface area contributed by atoms with Gasteiger partial charge in [-0.25, -0.2) is 4.79 Å². The van der Waals surface area contributed by atoms with E-state index in [0.717, 1.165) is 25.2 Å². The number of ether oxygens (including phenoxy) is 1. The summed E-state index contributed by atoms with van der Waals surface area (Å²) in [5, 5.41) is 5.92. The van der Waals surface area contributed by atoms with Crippen molar-refractivity contribution >= 4 is 12.0 Å². The second-order valence-corrected chi connectivity index (χ2v) is 8.47. The second kappa shape index (κ2) is 11.1. The molecule has 1 atom stereocenters. The molecule has 2 N–H and O–H groups in total. The first-order chi connectivity index (χ1) is 13.3. The molecule has 156 valence electrons. The van der Waals surface area contributed by atoms with Crippen LogP contribution in [-0.4, -0.2) is 54.7 Å². The predicted molar refractivity (Wildman–Crippen MR) is 111 cm³/mol. The van der Waals surface area contributed by atoms with Crippen molar-refractivity contribution in [3.63, 3.8) is 0 Å². The zero-order valence-electron chi connectivity index (χ0n) is 17.5. The first kappa shape index (κ1) is 22.2. The highest BCUT2D eigenvalue weighted by Gasteiger charge is 2.20. The van der Waals surface area contributed by atoms with Crippen LogP contribution in [0.2, 0.25) is 0 Å². The molecule has 0 spiro atoms. The fourth-order valence-electron chi connectivity index (χ4n) is 3.35. The highest BCUT2D eigenvalue weighted by atomic mass is 16.6. The van der Waals surface area contributed by atoms with E-state index in [0.29, 0.717) is 25.8 Å². The van der Waals surface area contributed by atoms with Crippen LogP contribution in [0.4, 0.5) is 4.79 Å². The topological polar surface area (TPSA) is 70.7 Å². The molecule has 6 heteroatoms. The summed E-state index contributed by atoms with van der Waals surface area (Å²) < 4.78 is 5.38. The van der Waals surface area contributed by atoms with Gasteiger partial charge in [0.05, 0.1) is 0 Å². The van der Waals surface area contributed by atoms with E-state index in [1.165, 1.54) is 12.8 Å². The van der Waals surface area contributed by atoms with E-state index in [4.69, 9.17) is 4.74 Å². The average molecular weight is 390 g/mol. The SMILES string of the molecule is CC(C)(C)OC(=O)N[C@H](CCC(=O)NCCN1CCCC1)Cc1ccccc1. The van der Waals surface area contributed by atoms with Crippen molar-refractivity contribution in [3.05, 3.63) is 35.9 Å². The standard InChI is InChI=1S/C22H35N3O3/c1-22(2,3)28-21(27)24-19(17-18-9-5-4-6-10-18)11-12-20(26)23-13-16-25-14-7-8-15-25/h4-6,9-10,19H,7-8,11-17H2,1-3H3,(H,23,26)(H,24,27)/t19-/m1/s1. The van der Waals surface area contributed by atoms with Gasteiger partial charge in [0, 0.05) is 25.6 Å².